The van der Waals surface area contributed by atoms with E-state index in [4.69, 9.17) is 0 Å². The summed E-state index contributed by atoms with van der Waals surface area (Å²) in [5.74, 6) is 0.941. The molecule has 4 nitrogen and oxygen atoms in total. The molecule has 0 saturated carbocycles. The largest absolute Gasteiger partial charge is 0.312 e. The minimum Gasteiger partial charge on any atom is -0.312 e. The van der Waals surface area contributed by atoms with Crippen molar-refractivity contribution in [3.8, 4) is 0 Å². The normalized spacial score (nSPS) is 11.0. The molecule has 0 unspecified atom stereocenters. The van der Waals surface area contributed by atoms with Crippen LogP contribution in [0, 0.1) is 0 Å². The van der Waals surface area contributed by atoms with E-state index in [2.05, 4.69) is 44.6 Å². The molecule has 1 aromatic rings. The number of thioether (sulfide) groups is 1. The van der Waals surface area contributed by atoms with E-state index in [0.29, 0.717) is 4.47 Å². The molecule has 0 bridgehead atoms. The number of halogens is 1. The van der Waals surface area contributed by atoms with Crippen LogP contribution in [0.3, 0.4) is 0 Å². The average molecular weight is 306 g/mol. The third kappa shape index (κ3) is 3.92. The summed E-state index contributed by atoms with van der Waals surface area (Å²) in [5.41, 5.74) is -0.125. The molecule has 0 fully saturated rings. The maximum atomic E-state index is 11.3. The molecule has 0 radical (unpaired) electrons. The Morgan fingerprint density at radius 2 is 2.19 bits per heavy atom. The molecule has 1 rings (SSSR count). The molecular formula is C10H16BrN3OS. The Balaban J connectivity index is 2.49. The zero-order chi connectivity index (χ0) is 12.0. The van der Waals surface area contributed by atoms with Gasteiger partial charge in [-0.3, -0.25) is 4.79 Å². The van der Waals surface area contributed by atoms with E-state index >= 15 is 0 Å². The van der Waals surface area contributed by atoms with Gasteiger partial charge < -0.3 is 9.88 Å². The maximum absolute atomic E-state index is 11.3. The van der Waals surface area contributed by atoms with Gasteiger partial charge >= 0.3 is 0 Å². The Bertz CT molecular complexity index is 379. The van der Waals surface area contributed by atoms with Gasteiger partial charge in [0.25, 0.3) is 5.56 Å². The molecule has 0 spiro atoms. The summed E-state index contributed by atoms with van der Waals surface area (Å²) >= 11 is 4.84. The van der Waals surface area contributed by atoms with Crippen molar-refractivity contribution in [1.29, 1.82) is 0 Å². The molecule has 0 aliphatic rings. The highest BCUT2D eigenvalue weighted by Gasteiger charge is 2.06. The van der Waals surface area contributed by atoms with Gasteiger partial charge in [-0.2, -0.15) is 0 Å². The third-order valence-corrected chi connectivity index (χ3v) is 4.27. The average Bonchev–Trinajstić information content (AvgIpc) is 2.30. The lowest BCUT2D eigenvalue weighted by molar-refractivity contribution is 0.324. The molecule has 1 heterocycles. The van der Waals surface area contributed by atoms with Crippen LogP contribution < -0.4 is 5.56 Å². The molecule has 1 N–H and O–H groups in total. The lowest BCUT2D eigenvalue weighted by atomic mass is 10.5. The molecule has 16 heavy (non-hydrogen) atoms. The minimum atomic E-state index is -0.125. The lowest BCUT2D eigenvalue weighted by Gasteiger charge is -2.17. The summed E-state index contributed by atoms with van der Waals surface area (Å²) in [7, 11) is 0. The first-order valence-corrected chi connectivity index (χ1v) is 7.05. The Labute approximate surface area is 108 Å². The predicted molar refractivity (Wildman–Crippen MR) is 71.1 cm³/mol. The maximum Gasteiger partial charge on any atom is 0.266 e. The van der Waals surface area contributed by atoms with E-state index in [1.165, 1.54) is 6.33 Å². The first kappa shape index (κ1) is 13.7. The van der Waals surface area contributed by atoms with Gasteiger partial charge in [0.1, 0.15) is 9.50 Å². The quantitative estimate of drug-likeness (QED) is 0.645. The highest BCUT2D eigenvalue weighted by Crippen LogP contribution is 2.20. The fourth-order valence-electron chi connectivity index (χ4n) is 1.28. The van der Waals surface area contributed by atoms with Crippen LogP contribution >= 0.6 is 27.7 Å². The number of H-pyrrole nitrogens is 1. The van der Waals surface area contributed by atoms with Crippen molar-refractivity contribution in [3.63, 3.8) is 0 Å². The van der Waals surface area contributed by atoms with Crippen molar-refractivity contribution in [3.05, 3.63) is 21.2 Å². The highest BCUT2D eigenvalue weighted by atomic mass is 79.9. The van der Waals surface area contributed by atoms with E-state index in [9.17, 15) is 4.79 Å². The Morgan fingerprint density at radius 1 is 1.50 bits per heavy atom. The third-order valence-electron chi connectivity index (χ3n) is 2.31. The van der Waals surface area contributed by atoms with E-state index in [0.717, 1.165) is 30.4 Å². The fourth-order valence-corrected chi connectivity index (χ4v) is 2.73. The number of rotatable bonds is 6. The number of aromatic nitrogens is 2. The van der Waals surface area contributed by atoms with Crippen molar-refractivity contribution >= 4 is 27.7 Å². The van der Waals surface area contributed by atoms with Crippen molar-refractivity contribution in [2.24, 2.45) is 0 Å². The van der Waals surface area contributed by atoms with E-state index in [-0.39, 0.29) is 5.56 Å². The summed E-state index contributed by atoms with van der Waals surface area (Å²) in [6.07, 6.45) is 1.44. The smallest absolute Gasteiger partial charge is 0.266 e. The van der Waals surface area contributed by atoms with Gasteiger partial charge in [-0.05, 0) is 29.0 Å². The van der Waals surface area contributed by atoms with Gasteiger partial charge in [0.2, 0.25) is 0 Å². The molecule has 0 amide bonds. The van der Waals surface area contributed by atoms with Gasteiger partial charge in [-0.15, -0.1) is 11.8 Å². The van der Waals surface area contributed by atoms with Gasteiger partial charge in [0, 0.05) is 12.3 Å². The van der Waals surface area contributed by atoms with Crippen LogP contribution in [0.25, 0.3) is 0 Å². The molecule has 0 atom stereocenters. The van der Waals surface area contributed by atoms with Crippen LogP contribution in [0.5, 0.6) is 0 Å². The number of hydrogen-bond donors (Lipinski definition) is 1. The molecule has 0 aliphatic carbocycles. The number of aromatic amines is 1. The number of nitrogens with one attached hydrogen (secondary N) is 1. The van der Waals surface area contributed by atoms with Gasteiger partial charge in [-0.1, -0.05) is 13.8 Å². The second-order valence-electron chi connectivity index (χ2n) is 3.23. The van der Waals surface area contributed by atoms with Crippen LogP contribution in [0.1, 0.15) is 13.8 Å². The molecule has 0 aromatic carbocycles. The molecule has 90 valence electrons. The minimum absolute atomic E-state index is 0.125. The van der Waals surface area contributed by atoms with Crippen LogP contribution in [0.4, 0.5) is 0 Å². The molecule has 1 aromatic heterocycles. The van der Waals surface area contributed by atoms with Crippen molar-refractivity contribution < 1.29 is 0 Å². The predicted octanol–water partition coefficient (Wildman–Crippen LogP) is 1.97. The monoisotopic (exact) mass is 305 g/mol. The van der Waals surface area contributed by atoms with Crippen LogP contribution in [0.15, 0.2) is 20.6 Å². The Hall–Kier alpha value is -0.330. The van der Waals surface area contributed by atoms with Gasteiger partial charge in [0.05, 0.1) is 6.33 Å². The van der Waals surface area contributed by atoms with Crippen LogP contribution in [-0.4, -0.2) is 40.3 Å². The zero-order valence-electron chi connectivity index (χ0n) is 9.49. The lowest BCUT2D eigenvalue weighted by Crippen LogP contribution is -2.25. The van der Waals surface area contributed by atoms with Crippen LogP contribution in [-0.2, 0) is 0 Å². The molecule has 6 heteroatoms. The SMILES string of the molecule is CCN(CC)CCSc1nc[nH]c(=O)c1Br. The van der Waals surface area contributed by atoms with Crippen molar-refractivity contribution in [2.45, 2.75) is 18.9 Å². The number of nitrogens with zero attached hydrogens (tertiary/aromatic N) is 2. The first-order valence-electron chi connectivity index (χ1n) is 5.27. The summed E-state index contributed by atoms with van der Waals surface area (Å²) in [6, 6.07) is 0. The molecular weight excluding hydrogens is 290 g/mol. The summed E-state index contributed by atoms with van der Waals surface area (Å²) < 4.78 is 0.527. The zero-order valence-corrected chi connectivity index (χ0v) is 11.9. The summed E-state index contributed by atoms with van der Waals surface area (Å²) in [4.78, 5) is 20.3. The Kier molecular flexibility index (Phi) is 6.08. The topological polar surface area (TPSA) is 49.0 Å². The summed E-state index contributed by atoms with van der Waals surface area (Å²) in [5, 5.41) is 0.760. The van der Waals surface area contributed by atoms with E-state index < -0.39 is 0 Å². The van der Waals surface area contributed by atoms with Gasteiger partial charge in [0.15, 0.2) is 0 Å². The Morgan fingerprint density at radius 3 is 2.81 bits per heavy atom. The van der Waals surface area contributed by atoms with E-state index in [1.54, 1.807) is 11.8 Å². The van der Waals surface area contributed by atoms with Crippen molar-refractivity contribution in [1.82, 2.24) is 14.9 Å². The molecule has 0 saturated heterocycles. The van der Waals surface area contributed by atoms with Gasteiger partial charge in [-0.25, -0.2) is 4.98 Å². The highest BCUT2D eigenvalue weighted by molar-refractivity contribution is 9.10. The van der Waals surface area contributed by atoms with Crippen LogP contribution in [0.2, 0.25) is 0 Å². The number of hydrogen-bond acceptors (Lipinski definition) is 4. The second kappa shape index (κ2) is 7.09. The standard InChI is InChI=1S/C10H16BrN3OS/c1-3-14(4-2)5-6-16-10-8(11)9(15)12-7-13-10/h7H,3-6H2,1-2H3,(H,12,13,15). The van der Waals surface area contributed by atoms with Crippen molar-refractivity contribution in [2.75, 3.05) is 25.4 Å². The van der Waals surface area contributed by atoms with E-state index in [1.807, 2.05) is 0 Å². The second-order valence-corrected chi connectivity index (χ2v) is 5.10. The molecule has 0 aliphatic heterocycles. The fraction of sp³-hybridized carbons (Fsp3) is 0.600. The summed E-state index contributed by atoms with van der Waals surface area (Å²) in [6.45, 7) is 7.42. The first-order chi connectivity index (χ1) is 7.69.